The summed E-state index contributed by atoms with van der Waals surface area (Å²) in [6.45, 7) is 5.18. The van der Waals surface area contributed by atoms with Gasteiger partial charge in [-0.3, -0.25) is 9.78 Å². The first-order valence-corrected chi connectivity index (χ1v) is 6.14. The molecule has 1 rings (SSSR count). The number of carbonyl (C=O) groups excluding carboxylic acids is 1. The number of hydrogen-bond acceptors (Lipinski definition) is 4. The number of pyridine rings is 1. The van der Waals surface area contributed by atoms with Crippen LogP contribution < -0.4 is 10.6 Å². The first-order valence-electron chi connectivity index (χ1n) is 6.14. The van der Waals surface area contributed by atoms with Gasteiger partial charge in [-0.1, -0.05) is 19.9 Å². The van der Waals surface area contributed by atoms with Crippen molar-refractivity contribution in [2.45, 2.75) is 20.4 Å². The lowest BCUT2D eigenvalue weighted by Gasteiger charge is -2.06. The molecule has 0 aliphatic heterocycles. The van der Waals surface area contributed by atoms with E-state index in [4.69, 9.17) is 5.26 Å². The quantitative estimate of drug-likeness (QED) is 0.596. The number of nitrogens with zero attached hydrogens (tertiary/aromatic N) is 2. The van der Waals surface area contributed by atoms with Gasteiger partial charge in [-0.25, -0.2) is 0 Å². The van der Waals surface area contributed by atoms with Crippen LogP contribution in [-0.2, 0) is 11.3 Å². The zero-order chi connectivity index (χ0) is 14.1. The number of amides is 1. The van der Waals surface area contributed by atoms with Crippen molar-refractivity contribution in [3.63, 3.8) is 0 Å². The maximum atomic E-state index is 11.8. The maximum absolute atomic E-state index is 11.8. The van der Waals surface area contributed by atoms with Gasteiger partial charge in [0.25, 0.3) is 5.91 Å². The molecule has 0 unspecified atom stereocenters. The SMILES string of the molecule is CC(C)CN/C=C(/C#N)C(=O)NCc1cccnc1. The fraction of sp³-hybridized carbons (Fsp3) is 0.357. The third-order valence-corrected chi connectivity index (χ3v) is 2.31. The molecular formula is C14H18N4O. The van der Waals surface area contributed by atoms with Crippen molar-refractivity contribution in [3.8, 4) is 6.07 Å². The van der Waals surface area contributed by atoms with Crippen LogP contribution >= 0.6 is 0 Å². The predicted octanol–water partition coefficient (Wildman–Crippen LogP) is 1.35. The molecule has 1 amide bonds. The second-order valence-corrected chi connectivity index (χ2v) is 4.52. The van der Waals surface area contributed by atoms with Gasteiger partial charge in [0, 0.05) is 31.7 Å². The van der Waals surface area contributed by atoms with Crippen molar-refractivity contribution in [1.29, 1.82) is 5.26 Å². The Labute approximate surface area is 113 Å². The summed E-state index contributed by atoms with van der Waals surface area (Å²) >= 11 is 0. The van der Waals surface area contributed by atoms with Crippen LogP contribution in [0.5, 0.6) is 0 Å². The summed E-state index contributed by atoms with van der Waals surface area (Å²) in [7, 11) is 0. The van der Waals surface area contributed by atoms with Crippen LogP contribution in [0.25, 0.3) is 0 Å². The standard InChI is InChI=1S/C14H18N4O/c1-11(2)7-17-10-13(6-15)14(19)18-9-12-4-3-5-16-8-12/h3-5,8,10-11,17H,7,9H2,1-2H3,(H,18,19)/b13-10-. The van der Waals surface area contributed by atoms with Gasteiger partial charge in [-0.05, 0) is 17.5 Å². The Bertz CT molecular complexity index is 474. The first kappa shape index (κ1) is 14.7. The van der Waals surface area contributed by atoms with Crippen molar-refractivity contribution in [2.75, 3.05) is 6.54 Å². The average molecular weight is 258 g/mol. The molecule has 0 fully saturated rings. The zero-order valence-corrected chi connectivity index (χ0v) is 11.2. The van der Waals surface area contributed by atoms with Crippen LogP contribution in [-0.4, -0.2) is 17.4 Å². The second kappa shape index (κ2) is 7.88. The van der Waals surface area contributed by atoms with Crippen LogP contribution in [0, 0.1) is 17.2 Å². The Morgan fingerprint density at radius 2 is 2.37 bits per heavy atom. The molecule has 0 atom stereocenters. The molecule has 0 aromatic carbocycles. The lowest BCUT2D eigenvalue weighted by molar-refractivity contribution is -0.117. The van der Waals surface area contributed by atoms with E-state index in [9.17, 15) is 4.79 Å². The Balaban J connectivity index is 2.48. The number of aromatic nitrogens is 1. The van der Waals surface area contributed by atoms with E-state index >= 15 is 0 Å². The lowest BCUT2D eigenvalue weighted by Crippen LogP contribution is -2.25. The highest BCUT2D eigenvalue weighted by molar-refractivity contribution is 5.97. The van der Waals surface area contributed by atoms with Gasteiger partial charge in [0.15, 0.2) is 0 Å². The highest BCUT2D eigenvalue weighted by atomic mass is 16.1. The number of hydrogen-bond donors (Lipinski definition) is 2. The van der Waals surface area contributed by atoms with E-state index in [1.807, 2.05) is 12.1 Å². The van der Waals surface area contributed by atoms with Crippen molar-refractivity contribution in [3.05, 3.63) is 41.9 Å². The van der Waals surface area contributed by atoms with Gasteiger partial charge < -0.3 is 10.6 Å². The lowest BCUT2D eigenvalue weighted by atomic mass is 10.2. The van der Waals surface area contributed by atoms with E-state index in [2.05, 4.69) is 29.5 Å². The summed E-state index contributed by atoms with van der Waals surface area (Å²) in [6.07, 6.45) is 4.80. The van der Waals surface area contributed by atoms with Gasteiger partial charge in [0.05, 0.1) is 0 Å². The second-order valence-electron chi connectivity index (χ2n) is 4.52. The molecule has 1 aromatic heterocycles. The molecule has 2 N–H and O–H groups in total. The predicted molar refractivity (Wildman–Crippen MR) is 72.6 cm³/mol. The molecule has 0 aliphatic carbocycles. The molecule has 0 radical (unpaired) electrons. The monoisotopic (exact) mass is 258 g/mol. The molecule has 0 saturated heterocycles. The molecule has 1 aromatic rings. The normalized spacial score (nSPS) is 10.9. The van der Waals surface area contributed by atoms with Gasteiger partial charge in [0.1, 0.15) is 11.6 Å². The summed E-state index contributed by atoms with van der Waals surface area (Å²) < 4.78 is 0. The molecule has 1 heterocycles. The van der Waals surface area contributed by atoms with Crippen LogP contribution in [0.4, 0.5) is 0 Å². The zero-order valence-electron chi connectivity index (χ0n) is 11.2. The molecule has 0 bridgehead atoms. The van der Waals surface area contributed by atoms with Gasteiger partial charge in [-0.2, -0.15) is 5.26 Å². The fourth-order valence-corrected chi connectivity index (χ4v) is 1.33. The number of nitriles is 1. The Morgan fingerprint density at radius 1 is 1.58 bits per heavy atom. The molecule has 19 heavy (non-hydrogen) atoms. The van der Waals surface area contributed by atoms with E-state index in [-0.39, 0.29) is 11.5 Å². The van der Waals surface area contributed by atoms with Crippen molar-refractivity contribution >= 4 is 5.91 Å². The smallest absolute Gasteiger partial charge is 0.263 e. The van der Waals surface area contributed by atoms with Crippen molar-refractivity contribution < 1.29 is 4.79 Å². The van der Waals surface area contributed by atoms with Crippen LogP contribution in [0.3, 0.4) is 0 Å². The highest BCUT2D eigenvalue weighted by Gasteiger charge is 2.08. The Morgan fingerprint density at radius 3 is 2.95 bits per heavy atom. The summed E-state index contributed by atoms with van der Waals surface area (Å²) in [5, 5.41) is 14.6. The number of rotatable bonds is 6. The van der Waals surface area contributed by atoms with Gasteiger partial charge >= 0.3 is 0 Å². The average Bonchev–Trinajstić information content (AvgIpc) is 2.42. The molecular weight excluding hydrogens is 240 g/mol. The van der Waals surface area contributed by atoms with E-state index in [1.165, 1.54) is 6.20 Å². The van der Waals surface area contributed by atoms with E-state index in [0.29, 0.717) is 12.5 Å². The van der Waals surface area contributed by atoms with Gasteiger partial charge in [0.2, 0.25) is 0 Å². The van der Waals surface area contributed by atoms with E-state index in [1.54, 1.807) is 18.5 Å². The third kappa shape index (κ3) is 5.68. The molecule has 0 spiro atoms. The summed E-state index contributed by atoms with van der Waals surface area (Å²) in [5.74, 6) is 0.0669. The Kier molecular flexibility index (Phi) is 6.10. The van der Waals surface area contributed by atoms with E-state index in [0.717, 1.165) is 12.1 Å². The van der Waals surface area contributed by atoms with Crippen molar-refractivity contribution in [1.82, 2.24) is 15.6 Å². The third-order valence-electron chi connectivity index (χ3n) is 2.31. The minimum Gasteiger partial charge on any atom is -0.389 e. The first-order chi connectivity index (χ1) is 9.13. The molecule has 5 nitrogen and oxygen atoms in total. The minimum atomic E-state index is -0.386. The van der Waals surface area contributed by atoms with E-state index < -0.39 is 0 Å². The highest BCUT2D eigenvalue weighted by Crippen LogP contribution is 1.97. The summed E-state index contributed by atoms with van der Waals surface area (Å²) in [6, 6.07) is 5.54. The van der Waals surface area contributed by atoms with Gasteiger partial charge in [-0.15, -0.1) is 0 Å². The number of nitrogens with one attached hydrogen (secondary N) is 2. The van der Waals surface area contributed by atoms with Crippen LogP contribution in [0.1, 0.15) is 19.4 Å². The molecule has 0 aliphatic rings. The minimum absolute atomic E-state index is 0.0736. The number of carbonyl (C=O) groups is 1. The fourth-order valence-electron chi connectivity index (χ4n) is 1.33. The molecule has 100 valence electrons. The van der Waals surface area contributed by atoms with Crippen molar-refractivity contribution in [2.24, 2.45) is 5.92 Å². The maximum Gasteiger partial charge on any atom is 0.263 e. The summed E-state index contributed by atoms with van der Waals surface area (Å²) in [4.78, 5) is 15.7. The topological polar surface area (TPSA) is 77.8 Å². The molecule has 5 heteroatoms. The van der Waals surface area contributed by atoms with Crippen LogP contribution in [0.15, 0.2) is 36.3 Å². The Hall–Kier alpha value is -2.35. The molecule has 0 saturated carbocycles. The summed E-state index contributed by atoms with van der Waals surface area (Å²) in [5.41, 5.74) is 0.966. The van der Waals surface area contributed by atoms with Crippen LogP contribution in [0.2, 0.25) is 0 Å². The largest absolute Gasteiger partial charge is 0.389 e.